The summed E-state index contributed by atoms with van der Waals surface area (Å²) in [5.41, 5.74) is 6.90. The van der Waals surface area contributed by atoms with Gasteiger partial charge < -0.3 is 5.73 Å². The summed E-state index contributed by atoms with van der Waals surface area (Å²) >= 11 is 0. The average Bonchev–Trinajstić information content (AvgIpc) is 3.13. The predicted molar refractivity (Wildman–Crippen MR) is 72.7 cm³/mol. The van der Waals surface area contributed by atoms with Crippen LogP contribution in [0.25, 0.3) is 0 Å². The van der Waals surface area contributed by atoms with Gasteiger partial charge in [0, 0.05) is 18.3 Å². The highest BCUT2D eigenvalue weighted by Crippen LogP contribution is 2.33. The van der Waals surface area contributed by atoms with Crippen LogP contribution in [0.15, 0.2) is 35.7 Å². The quantitative estimate of drug-likeness (QED) is 0.654. The normalized spacial score (nSPS) is 15.9. The van der Waals surface area contributed by atoms with Gasteiger partial charge in [-0.2, -0.15) is 4.31 Å². The van der Waals surface area contributed by atoms with Crippen molar-refractivity contribution >= 4 is 15.7 Å². The Kier molecular flexibility index (Phi) is 3.45. The van der Waals surface area contributed by atoms with Gasteiger partial charge in [0.15, 0.2) is 0 Å². The second-order valence-corrected chi connectivity index (χ2v) is 6.42. The molecule has 2 rings (SSSR count). The van der Waals surface area contributed by atoms with E-state index in [2.05, 4.69) is 6.58 Å². The van der Waals surface area contributed by atoms with Crippen LogP contribution in [0.1, 0.15) is 18.4 Å². The number of nitrogens with zero attached hydrogens (tertiary/aromatic N) is 1. The van der Waals surface area contributed by atoms with Crippen LogP contribution in [0, 0.1) is 6.92 Å². The second kappa shape index (κ2) is 4.74. The predicted octanol–water partition coefficient (Wildman–Crippen LogP) is 1.92. The third-order valence-electron chi connectivity index (χ3n) is 3.18. The summed E-state index contributed by atoms with van der Waals surface area (Å²) in [5.74, 6) is 0. The Balaban J connectivity index is 2.46. The van der Waals surface area contributed by atoms with Gasteiger partial charge in [0.2, 0.25) is 10.0 Å². The maximum Gasteiger partial charge on any atom is 0.243 e. The summed E-state index contributed by atoms with van der Waals surface area (Å²) < 4.78 is 26.7. The fourth-order valence-electron chi connectivity index (χ4n) is 1.97. The molecule has 0 saturated heterocycles. The summed E-state index contributed by atoms with van der Waals surface area (Å²) in [6, 6.07) is 5.12. The number of anilines is 1. The first-order chi connectivity index (χ1) is 8.48. The number of rotatable bonds is 5. The van der Waals surface area contributed by atoms with Crippen molar-refractivity contribution in [2.45, 2.75) is 30.7 Å². The molecule has 0 aliphatic heterocycles. The molecule has 0 aromatic heterocycles. The van der Waals surface area contributed by atoms with Gasteiger partial charge in [-0.05, 0) is 37.5 Å². The summed E-state index contributed by atoms with van der Waals surface area (Å²) in [5, 5.41) is 0. The van der Waals surface area contributed by atoms with Crippen LogP contribution in [0.2, 0.25) is 0 Å². The molecule has 1 saturated carbocycles. The van der Waals surface area contributed by atoms with Crippen LogP contribution in [0.3, 0.4) is 0 Å². The lowest BCUT2D eigenvalue weighted by molar-refractivity contribution is 0.435. The summed E-state index contributed by atoms with van der Waals surface area (Å²) in [6.45, 7) is 5.71. The van der Waals surface area contributed by atoms with E-state index in [0.29, 0.717) is 22.7 Å². The minimum Gasteiger partial charge on any atom is -0.398 e. The molecule has 1 aliphatic rings. The molecule has 1 aliphatic carbocycles. The third-order valence-corrected chi connectivity index (χ3v) is 5.24. The van der Waals surface area contributed by atoms with Gasteiger partial charge in [0.05, 0.1) is 4.90 Å². The molecule has 18 heavy (non-hydrogen) atoms. The van der Waals surface area contributed by atoms with Gasteiger partial charge in [-0.3, -0.25) is 0 Å². The average molecular weight is 266 g/mol. The van der Waals surface area contributed by atoms with Crippen molar-refractivity contribution in [1.82, 2.24) is 4.31 Å². The van der Waals surface area contributed by atoms with Crippen LogP contribution in [-0.2, 0) is 10.0 Å². The Morgan fingerprint density at radius 1 is 1.50 bits per heavy atom. The molecule has 0 unspecified atom stereocenters. The Labute approximate surface area is 108 Å². The van der Waals surface area contributed by atoms with Gasteiger partial charge in [-0.15, -0.1) is 6.58 Å². The van der Waals surface area contributed by atoms with Gasteiger partial charge in [-0.25, -0.2) is 8.42 Å². The number of nitrogens with two attached hydrogens (primary N) is 1. The van der Waals surface area contributed by atoms with Gasteiger partial charge >= 0.3 is 0 Å². The third kappa shape index (κ3) is 2.28. The van der Waals surface area contributed by atoms with Crippen LogP contribution >= 0.6 is 0 Å². The van der Waals surface area contributed by atoms with Crippen molar-refractivity contribution in [3.8, 4) is 0 Å². The zero-order valence-electron chi connectivity index (χ0n) is 10.5. The van der Waals surface area contributed by atoms with Crippen LogP contribution in [-0.4, -0.2) is 25.3 Å². The molecule has 98 valence electrons. The minimum absolute atomic E-state index is 0.119. The van der Waals surface area contributed by atoms with Gasteiger partial charge in [-0.1, -0.05) is 12.1 Å². The maximum absolute atomic E-state index is 12.6. The first-order valence-corrected chi connectivity index (χ1v) is 7.40. The van der Waals surface area contributed by atoms with E-state index >= 15 is 0 Å². The lowest BCUT2D eigenvalue weighted by Crippen LogP contribution is -2.33. The molecule has 1 aromatic rings. The first kappa shape index (κ1) is 13.1. The largest absolute Gasteiger partial charge is 0.398 e. The molecular weight excluding hydrogens is 248 g/mol. The van der Waals surface area contributed by atoms with E-state index < -0.39 is 10.0 Å². The molecule has 0 atom stereocenters. The van der Waals surface area contributed by atoms with Crippen LogP contribution in [0.5, 0.6) is 0 Å². The van der Waals surface area contributed by atoms with Crippen molar-refractivity contribution in [3.05, 3.63) is 36.4 Å². The van der Waals surface area contributed by atoms with E-state index in [9.17, 15) is 8.42 Å². The molecule has 0 radical (unpaired) electrons. The monoisotopic (exact) mass is 266 g/mol. The number of nitrogen functional groups attached to an aromatic ring is 1. The molecule has 1 aromatic carbocycles. The van der Waals surface area contributed by atoms with Crippen molar-refractivity contribution < 1.29 is 8.42 Å². The molecule has 5 heteroatoms. The topological polar surface area (TPSA) is 63.4 Å². The number of hydrogen-bond acceptors (Lipinski definition) is 3. The zero-order chi connectivity index (χ0) is 13.3. The summed E-state index contributed by atoms with van der Waals surface area (Å²) in [7, 11) is -3.47. The molecule has 4 nitrogen and oxygen atoms in total. The second-order valence-electron chi connectivity index (χ2n) is 4.56. The minimum atomic E-state index is -3.47. The van der Waals surface area contributed by atoms with E-state index in [-0.39, 0.29) is 6.04 Å². The highest BCUT2D eigenvalue weighted by molar-refractivity contribution is 7.89. The lowest BCUT2D eigenvalue weighted by atomic mass is 10.2. The number of sulfonamides is 1. The summed E-state index contributed by atoms with van der Waals surface area (Å²) in [6.07, 6.45) is 3.47. The molecule has 0 amide bonds. The number of hydrogen-bond donors (Lipinski definition) is 1. The van der Waals surface area contributed by atoms with E-state index in [0.717, 1.165) is 12.8 Å². The lowest BCUT2D eigenvalue weighted by Gasteiger charge is -2.21. The SMILES string of the molecule is C=CCN(C1CC1)S(=O)(=O)c1cccc(N)c1C. The van der Waals surface area contributed by atoms with Gasteiger partial charge in [0.1, 0.15) is 0 Å². The Morgan fingerprint density at radius 3 is 2.72 bits per heavy atom. The Hall–Kier alpha value is -1.33. The van der Waals surface area contributed by atoms with E-state index in [1.54, 1.807) is 31.2 Å². The fraction of sp³-hybridized carbons (Fsp3) is 0.385. The standard InChI is InChI=1S/C13H18N2O2S/c1-3-9-15(11-7-8-11)18(16,17)13-6-4-5-12(14)10(13)2/h3-6,11H,1,7-9,14H2,2H3. The molecule has 0 spiro atoms. The first-order valence-electron chi connectivity index (χ1n) is 5.96. The fourth-order valence-corrected chi connectivity index (χ4v) is 3.88. The van der Waals surface area contributed by atoms with Crippen molar-refractivity contribution in [1.29, 1.82) is 0 Å². The molecule has 2 N–H and O–H groups in total. The van der Waals surface area contributed by atoms with Gasteiger partial charge in [0.25, 0.3) is 0 Å². The molecule has 0 heterocycles. The number of benzene rings is 1. The molecule has 1 fully saturated rings. The summed E-state index contributed by atoms with van der Waals surface area (Å²) in [4.78, 5) is 0.302. The van der Waals surface area contributed by atoms with E-state index in [4.69, 9.17) is 5.73 Å². The molecular formula is C13H18N2O2S. The zero-order valence-corrected chi connectivity index (χ0v) is 11.3. The van der Waals surface area contributed by atoms with E-state index in [1.807, 2.05) is 0 Å². The molecule has 0 bridgehead atoms. The highest BCUT2D eigenvalue weighted by atomic mass is 32.2. The Bertz CT molecular complexity index is 562. The highest BCUT2D eigenvalue weighted by Gasteiger charge is 2.37. The van der Waals surface area contributed by atoms with Crippen molar-refractivity contribution in [2.24, 2.45) is 0 Å². The van der Waals surface area contributed by atoms with E-state index in [1.165, 1.54) is 4.31 Å². The maximum atomic E-state index is 12.6. The van der Waals surface area contributed by atoms with Crippen molar-refractivity contribution in [2.75, 3.05) is 12.3 Å². The van der Waals surface area contributed by atoms with Crippen LogP contribution in [0.4, 0.5) is 5.69 Å². The smallest absolute Gasteiger partial charge is 0.243 e. The van der Waals surface area contributed by atoms with Crippen molar-refractivity contribution in [3.63, 3.8) is 0 Å². The van der Waals surface area contributed by atoms with Crippen LogP contribution < -0.4 is 5.73 Å². The Morgan fingerprint density at radius 2 is 2.17 bits per heavy atom.